The zero-order valence-electron chi connectivity index (χ0n) is 23.5. The molecule has 10 heteroatoms. The van der Waals surface area contributed by atoms with Crippen molar-refractivity contribution in [1.82, 2.24) is 9.13 Å². The van der Waals surface area contributed by atoms with Gasteiger partial charge >= 0.3 is 5.97 Å². The number of halogens is 2. The molecule has 0 N–H and O–H groups in total. The monoisotopic (exact) mass is 653 g/mol. The number of thiazole rings is 1. The first-order valence-electron chi connectivity index (χ1n) is 13.0. The normalized spacial score (nSPS) is 15.2. The third-order valence-electron chi connectivity index (χ3n) is 6.91. The maximum Gasteiger partial charge on any atom is 0.338 e. The Balaban J connectivity index is 1.72. The lowest BCUT2D eigenvalue weighted by Gasteiger charge is -2.26. The van der Waals surface area contributed by atoms with Crippen molar-refractivity contribution in [2.24, 2.45) is 4.99 Å². The maximum absolute atomic E-state index is 14.1. The molecule has 2 aromatic heterocycles. The van der Waals surface area contributed by atoms with Crippen LogP contribution in [0.4, 0.5) is 0 Å². The number of hydrogen-bond donors (Lipinski definition) is 0. The Morgan fingerprint density at radius 2 is 1.83 bits per heavy atom. The quantitative estimate of drug-likeness (QED) is 0.239. The van der Waals surface area contributed by atoms with E-state index >= 15 is 0 Å². The van der Waals surface area contributed by atoms with Crippen molar-refractivity contribution >= 4 is 50.9 Å². The molecule has 1 atom stereocenters. The summed E-state index contributed by atoms with van der Waals surface area (Å²) in [5, 5.41) is 0.668. The van der Waals surface area contributed by atoms with E-state index in [9.17, 15) is 9.59 Å². The lowest BCUT2D eigenvalue weighted by Crippen LogP contribution is -2.40. The van der Waals surface area contributed by atoms with Gasteiger partial charge in [-0.1, -0.05) is 38.9 Å². The zero-order chi connectivity index (χ0) is 29.6. The minimum Gasteiger partial charge on any atom is -0.496 e. The van der Waals surface area contributed by atoms with Gasteiger partial charge in [-0.05, 0) is 94.8 Å². The van der Waals surface area contributed by atoms with E-state index in [0.29, 0.717) is 36.9 Å². The average molecular weight is 655 g/mol. The molecule has 2 aromatic carbocycles. The van der Waals surface area contributed by atoms with Gasteiger partial charge in [0.2, 0.25) is 0 Å². The van der Waals surface area contributed by atoms with Crippen LogP contribution < -0.4 is 19.6 Å². The number of ether oxygens (including phenoxy) is 2. The molecule has 0 radical (unpaired) electrons. The minimum atomic E-state index is -0.784. The van der Waals surface area contributed by atoms with Crippen LogP contribution in [0, 0.1) is 13.8 Å². The molecule has 0 spiro atoms. The molecule has 5 rings (SSSR count). The van der Waals surface area contributed by atoms with Crippen molar-refractivity contribution in [3.63, 3.8) is 0 Å². The van der Waals surface area contributed by atoms with Gasteiger partial charge in [0.25, 0.3) is 5.56 Å². The number of benzene rings is 2. The minimum absolute atomic E-state index is 0.251. The Kier molecular flexibility index (Phi) is 8.14. The van der Waals surface area contributed by atoms with Crippen molar-refractivity contribution in [1.29, 1.82) is 0 Å². The topological polar surface area (TPSA) is 74.8 Å². The summed E-state index contributed by atoms with van der Waals surface area (Å²) >= 11 is 10.9. The van der Waals surface area contributed by atoms with Crippen LogP contribution in [-0.2, 0) is 9.53 Å². The second-order valence-corrected chi connectivity index (χ2v) is 12.4. The van der Waals surface area contributed by atoms with E-state index in [4.69, 9.17) is 26.1 Å². The first-order chi connectivity index (χ1) is 19.5. The fraction of sp³-hybridized carbons (Fsp3) is 0.258. The second kappa shape index (κ2) is 11.5. The van der Waals surface area contributed by atoms with Gasteiger partial charge in [0.15, 0.2) is 4.80 Å². The molecule has 41 heavy (non-hydrogen) atoms. The average Bonchev–Trinajstić information content (AvgIpc) is 3.37. The summed E-state index contributed by atoms with van der Waals surface area (Å²) in [4.78, 5) is 32.8. The third-order valence-corrected chi connectivity index (χ3v) is 8.64. The van der Waals surface area contributed by atoms with E-state index in [1.54, 1.807) is 32.4 Å². The fourth-order valence-corrected chi connectivity index (χ4v) is 6.68. The molecule has 3 heterocycles. The molecule has 0 saturated heterocycles. The number of hydrogen-bond acceptors (Lipinski definition) is 6. The summed E-state index contributed by atoms with van der Waals surface area (Å²) in [6, 6.07) is 14.4. The van der Waals surface area contributed by atoms with E-state index in [0.717, 1.165) is 27.1 Å². The van der Waals surface area contributed by atoms with Crippen LogP contribution in [0.5, 0.6) is 5.75 Å². The molecule has 0 fully saturated rings. The predicted octanol–water partition coefficient (Wildman–Crippen LogP) is 6.02. The largest absolute Gasteiger partial charge is 0.496 e. The first-order valence-corrected chi connectivity index (χ1v) is 15.0. The van der Waals surface area contributed by atoms with Crippen molar-refractivity contribution in [3.8, 4) is 11.4 Å². The lowest BCUT2D eigenvalue weighted by molar-refractivity contribution is -0.143. The number of nitrogens with zero attached hydrogens (tertiary/aromatic N) is 3. The van der Waals surface area contributed by atoms with Crippen molar-refractivity contribution in [2.45, 2.75) is 46.8 Å². The van der Waals surface area contributed by atoms with Crippen LogP contribution in [-0.4, -0.2) is 28.3 Å². The summed E-state index contributed by atoms with van der Waals surface area (Å²) in [6.45, 7) is 9.39. The van der Waals surface area contributed by atoms with Gasteiger partial charge in [0.1, 0.15) is 11.8 Å². The zero-order valence-corrected chi connectivity index (χ0v) is 26.6. The highest BCUT2D eigenvalue weighted by atomic mass is 79.9. The van der Waals surface area contributed by atoms with Crippen LogP contribution in [0.2, 0.25) is 5.02 Å². The van der Waals surface area contributed by atoms with Gasteiger partial charge in [0.05, 0.1) is 29.0 Å². The number of rotatable bonds is 6. The van der Waals surface area contributed by atoms with Crippen LogP contribution in [0.3, 0.4) is 0 Å². The molecular weight excluding hydrogens is 626 g/mol. The molecule has 212 valence electrons. The van der Waals surface area contributed by atoms with Crippen LogP contribution in [0.1, 0.15) is 49.3 Å². The van der Waals surface area contributed by atoms with E-state index in [1.807, 2.05) is 68.5 Å². The molecule has 0 bridgehead atoms. The van der Waals surface area contributed by atoms with E-state index in [1.165, 1.54) is 11.3 Å². The number of aryl methyl sites for hydroxylation is 1. The molecular formula is C31H29BrClN3O4S. The van der Waals surface area contributed by atoms with Crippen molar-refractivity contribution < 1.29 is 14.3 Å². The highest BCUT2D eigenvalue weighted by molar-refractivity contribution is 9.10. The number of esters is 1. The number of methoxy groups -OCH3 is 1. The number of fused-ring (bicyclic) bond motifs is 1. The van der Waals surface area contributed by atoms with Gasteiger partial charge < -0.3 is 14.0 Å². The Bertz CT molecular complexity index is 1880. The Hall–Kier alpha value is -3.40. The first kappa shape index (κ1) is 29.1. The maximum atomic E-state index is 14.1. The van der Waals surface area contributed by atoms with Gasteiger partial charge in [-0.15, -0.1) is 0 Å². The summed E-state index contributed by atoms with van der Waals surface area (Å²) < 4.78 is 16.3. The Morgan fingerprint density at radius 1 is 1.12 bits per heavy atom. The van der Waals surface area contributed by atoms with E-state index in [2.05, 4.69) is 20.5 Å². The molecule has 1 aliphatic heterocycles. The van der Waals surface area contributed by atoms with E-state index < -0.39 is 12.0 Å². The number of carbonyl (C=O) groups excluding carboxylic acids is 1. The number of aromatic nitrogens is 2. The number of allylic oxidation sites excluding steroid dienone is 1. The van der Waals surface area contributed by atoms with Gasteiger partial charge in [-0.25, -0.2) is 9.79 Å². The summed E-state index contributed by atoms with van der Waals surface area (Å²) in [7, 11) is 1.57. The molecule has 0 unspecified atom stereocenters. The molecule has 0 aliphatic carbocycles. The molecule has 1 aliphatic rings. The predicted molar refractivity (Wildman–Crippen MR) is 166 cm³/mol. The van der Waals surface area contributed by atoms with Crippen LogP contribution in [0.15, 0.2) is 74.1 Å². The van der Waals surface area contributed by atoms with Crippen LogP contribution >= 0.6 is 38.9 Å². The second-order valence-electron chi connectivity index (χ2n) is 10.1. The van der Waals surface area contributed by atoms with Crippen LogP contribution in [0.25, 0.3) is 11.8 Å². The SMILES string of the molecule is COc1ccc(Br)cc1[C@H]1C(C(=O)OC(C)C)=C(C)N=c2s/c(=C\c3cc(C)n(-c4ccc(Cl)cc4)c3C)c(=O)n21. The summed E-state index contributed by atoms with van der Waals surface area (Å²) in [6.07, 6.45) is 1.55. The molecule has 0 amide bonds. The number of carbonyl (C=O) groups is 1. The van der Waals surface area contributed by atoms with Crippen molar-refractivity contribution in [2.75, 3.05) is 7.11 Å². The molecule has 0 saturated carbocycles. The van der Waals surface area contributed by atoms with Gasteiger partial charge in [0, 0.05) is 32.1 Å². The smallest absolute Gasteiger partial charge is 0.338 e. The summed E-state index contributed by atoms with van der Waals surface area (Å²) in [5.74, 6) is 0.0258. The van der Waals surface area contributed by atoms with Gasteiger partial charge in [-0.3, -0.25) is 9.36 Å². The Labute approximate surface area is 255 Å². The fourth-order valence-electron chi connectivity index (χ4n) is 5.14. The highest BCUT2D eigenvalue weighted by Gasteiger charge is 2.35. The molecule has 4 aromatic rings. The Morgan fingerprint density at radius 3 is 2.49 bits per heavy atom. The standard InChI is InChI=1S/C31H29BrClN3O4S/c1-16(2)40-30(38)27-18(4)34-31-36(28(27)24-15-21(32)7-12-25(24)39-6)29(37)26(41-31)14-20-13-17(3)35(19(20)5)23-10-8-22(33)9-11-23/h7-16,28H,1-6H3/b26-14-/t28-/m0/s1. The summed E-state index contributed by atoms with van der Waals surface area (Å²) in [5.41, 5.74) is 5.10. The van der Waals surface area contributed by atoms with E-state index in [-0.39, 0.29) is 11.7 Å². The third kappa shape index (κ3) is 5.46. The van der Waals surface area contributed by atoms with Gasteiger partial charge in [-0.2, -0.15) is 0 Å². The molecule has 7 nitrogen and oxygen atoms in total. The van der Waals surface area contributed by atoms with Crippen molar-refractivity contribution in [3.05, 3.63) is 111 Å². The highest BCUT2D eigenvalue weighted by Crippen LogP contribution is 2.37. The lowest BCUT2D eigenvalue weighted by atomic mass is 9.95.